The molecule has 0 unspecified atom stereocenters. The third-order valence-electron chi connectivity index (χ3n) is 2.48. The zero-order valence-corrected chi connectivity index (χ0v) is 9.48. The average molecular weight is 211 g/mol. The Balaban J connectivity index is 2.29. The first kappa shape index (κ1) is 12.3. The summed E-state index contributed by atoms with van der Waals surface area (Å²) in [4.78, 5) is 2.26. The molecule has 1 aromatic rings. The Morgan fingerprint density at radius 2 is 2.20 bits per heavy atom. The van der Waals surface area contributed by atoms with Gasteiger partial charge in [-0.15, -0.1) is 0 Å². The molecular weight excluding hydrogens is 190 g/mol. The number of aliphatic hydroxyl groups excluding tert-OH is 1. The van der Waals surface area contributed by atoms with Crippen LogP contribution in [0, 0.1) is 0 Å². The van der Waals surface area contributed by atoms with Gasteiger partial charge in [0.05, 0.1) is 19.1 Å². The van der Waals surface area contributed by atoms with Crippen molar-refractivity contribution in [1.29, 1.82) is 0 Å². The highest BCUT2D eigenvalue weighted by molar-refractivity contribution is 5.04. The second-order valence-corrected chi connectivity index (χ2v) is 3.84. The Hall–Kier alpha value is -0.800. The number of rotatable bonds is 8. The number of aliphatic hydroxyl groups is 1. The molecule has 0 radical (unpaired) electrons. The molecule has 0 saturated heterocycles. The molecule has 0 aliphatic carbocycles. The number of nitrogens with zero attached hydrogens (tertiary/aromatic N) is 1. The third-order valence-corrected chi connectivity index (χ3v) is 2.48. The molecular formula is C12H21NO2. The van der Waals surface area contributed by atoms with Crippen molar-refractivity contribution in [2.45, 2.75) is 32.7 Å². The summed E-state index contributed by atoms with van der Waals surface area (Å²) in [7, 11) is 0. The predicted octanol–water partition coefficient (Wildman–Crippen LogP) is 2.26. The van der Waals surface area contributed by atoms with Gasteiger partial charge in [0, 0.05) is 18.7 Å². The summed E-state index contributed by atoms with van der Waals surface area (Å²) in [5.41, 5.74) is 1.18. The molecule has 0 spiro atoms. The minimum absolute atomic E-state index is 0.226. The molecule has 0 aliphatic heterocycles. The molecule has 3 heteroatoms. The second-order valence-electron chi connectivity index (χ2n) is 3.84. The van der Waals surface area contributed by atoms with Crippen molar-refractivity contribution in [2.24, 2.45) is 0 Å². The Labute approximate surface area is 91.7 Å². The fraction of sp³-hybridized carbons (Fsp3) is 0.667. The van der Waals surface area contributed by atoms with E-state index in [9.17, 15) is 0 Å². The first-order valence-corrected chi connectivity index (χ1v) is 5.71. The molecule has 15 heavy (non-hydrogen) atoms. The van der Waals surface area contributed by atoms with Gasteiger partial charge in [0.15, 0.2) is 0 Å². The van der Waals surface area contributed by atoms with Gasteiger partial charge in [-0.1, -0.05) is 19.8 Å². The van der Waals surface area contributed by atoms with E-state index < -0.39 is 0 Å². The zero-order chi connectivity index (χ0) is 10.9. The number of furan rings is 1. The highest BCUT2D eigenvalue weighted by atomic mass is 16.3. The maximum atomic E-state index is 8.96. The maximum absolute atomic E-state index is 8.96. The highest BCUT2D eigenvalue weighted by Gasteiger charge is 2.05. The van der Waals surface area contributed by atoms with Crippen molar-refractivity contribution in [1.82, 2.24) is 4.90 Å². The van der Waals surface area contributed by atoms with Gasteiger partial charge in [-0.25, -0.2) is 0 Å². The van der Waals surface area contributed by atoms with Crippen LogP contribution in [-0.4, -0.2) is 29.7 Å². The Bertz CT molecular complexity index is 234. The molecule has 0 bridgehead atoms. The summed E-state index contributed by atoms with van der Waals surface area (Å²) >= 11 is 0. The molecule has 1 aromatic heterocycles. The highest BCUT2D eigenvalue weighted by Crippen LogP contribution is 2.06. The van der Waals surface area contributed by atoms with Gasteiger partial charge >= 0.3 is 0 Å². The van der Waals surface area contributed by atoms with E-state index in [0.717, 1.165) is 19.6 Å². The van der Waals surface area contributed by atoms with E-state index in [0.29, 0.717) is 0 Å². The first-order valence-electron chi connectivity index (χ1n) is 5.71. The molecule has 1 rings (SSSR count). The van der Waals surface area contributed by atoms with Crippen molar-refractivity contribution in [3.05, 3.63) is 24.2 Å². The molecule has 0 aliphatic rings. The van der Waals surface area contributed by atoms with E-state index >= 15 is 0 Å². The predicted molar refractivity (Wildman–Crippen MR) is 60.6 cm³/mol. The lowest BCUT2D eigenvalue weighted by Crippen LogP contribution is -2.27. The maximum Gasteiger partial charge on any atom is 0.0947 e. The molecule has 3 nitrogen and oxygen atoms in total. The Morgan fingerprint density at radius 1 is 1.33 bits per heavy atom. The Kier molecular flexibility index (Phi) is 6.12. The molecule has 1 heterocycles. The molecule has 86 valence electrons. The summed E-state index contributed by atoms with van der Waals surface area (Å²) in [5, 5.41) is 8.96. The van der Waals surface area contributed by atoms with Crippen LogP contribution in [0.4, 0.5) is 0 Å². The fourth-order valence-corrected chi connectivity index (χ4v) is 1.64. The van der Waals surface area contributed by atoms with Crippen LogP contribution >= 0.6 is 0 Å². The smallest absolute Gasteiger partial charge is 0.0947 e. The summed E-state index contributed by atoms with van der Waals surface area (Å²) in [6.07, 6.45) is 7.16. The fourth-order valence-electron chi connectivity index (χ4n) is 1.64. The number of hydrogen-bond donors (Lipinski definition) is 1. The van der Waals surface area contributed by atoms with Crippen molar-refractivity contribution in [2.75, 3.05) is 19.7 Å². The van der Waals surface area contributed by atoms with E-state index in [2.05, 4.69) is 11.8 Å². The van der Waals surface area contributed by atoms with Crippen LogP contribution in [0.5, 0.6) is 0 Å². The largest absolute Gasteiger partial charge is 0.472 e. The lowest BCUT2D eigenvalue weighted by Gasteiger charge is -2.20. The van der Waals surface area contributed by atoms with Gasteiger partial charge in [0.2, 0.25) is 0 Å². The van der Waals surface area contributed by atoms with E-state index in [1.807, 2.05) is 6.07 Å². The van der Waals surface area contributed by atoms with Gasteiger partial charge in [0.25, 0.3) is 0 Å². The van der Waals surface area contributed by atoms with Gasteiger partial charge in [0.1, 0.15) is 0 Å². The van der Waals surface area contributed by atoms with Gasteiger partial charge in [-0.2, -0.15) is 0 Å². The minimum atomic E-state index is 0.226. The van der Waals surface area contributed by atoms with Crippen LogP contribution in [0.2, 0.25) is 0 Å². The molecule has 0 aromatic carbocycles. The molecule has 0 atom stereocenters. The zero-order valence-electron chi connectivity index (χ0n) is 9.48. The summed E-state index contributed by atoms with van der Waals surface area (Å²) in [6, 6.07) is 1.98. The van der Waals surface area contributed by atoms with E-state index in [1.54, 1.807) is 12.5 Å². The normalized spacial score (nSPS) is 11.1. The Morgan fingerprint density at radius 3 is 2.80 bits per heavy atom. The lowest BCUT2D eigenvalue weighted by atomic mass is 10.2. The molecule has 0 fully saturated rings. The molecule has 0 saturated carbocycles. The second kappa shape index (κ2) is 7.49. The van der Waals surface area contributed by atoms with Crippen molar-refractivity contribution < 1.29 is 9.52 Å². The third kappa shape index (κ3) is 5.00. The van der Waals surface area contributed by atoms with Crippen molar-refractivity contribution in [3.8, 4) is 0 Å². The van der Waals surface area contributed by atoms with Gasteiger partial charge in [-0.05, 0) is 19.0 Å². The van der Waals surface area contributed by atoms with Crippen LogP contribution in [0.15, 0.2) is 23.0 Å². The monoisotopic (exact) mass is 211 g/mol. The van der Waals surface area contributed by atoms with Crippen LogP contribution in [0.25, 0.3) is 0 Å². The minimum Gasteiger partial charge on any atom is -0.472 e. The van der Waals surface area contributed by atoms with E-state index in [4.69, 9.17) is 9.52 Å². The standard InChI is InChI=1S/C12H21NO2/c1-2-3-4-6-13(7-8-14)10-12-5-9-15-11-12/h5,9,11,14H,2-4,6-8,10H2,1H3. The van der Waals surface area contributed by atoms with Crippen molar-refractivity contribution >= 4 is 0 Å². The lowest BCUT2D eigenvalue weighted by molar-refractivity contribution is 0.187. The van der Waals surface area contributed by atoms with Crippen LogP contribution in [-0.2, 0) is 6.54 Å². The van der Waals surface area contributed by atoms with Crippen LogP contribution in [0.3, 0.4) is 0 Å². The van der Waals surface area contributed by atoms with E-state index in [-0.39, 0.29) is 6.61 Å². The summed E-state index contributed by atoms with van der Waals surface area (Å²) in [5.74, 6) is 0. The summed E-state index contributed by atoms with van der Waals surface area (Å²) in [6.45, 7) is 5.10. The average Bonchev–Trinajstić information content (AvgIpc) is 2.71. The van der Waals surface area contributed by atoms with E-state index in [1.165, 1.54) is 24.8 Å². The molecule has 0 amide bonds. The van der Waals surface area contributed by atoms with Gasteiger partial charge < -0.3 is 9.52 Å². The molecule has 1 N–H and O–H groups in total. The number of unbranched alkanes of at least 4 members (excludes halogenated alkanes) is 2. The van der Waals surface area contributed by atoms with Crippen LogP contribution < -0.4 is 0 Å². The van der Waals surface area contributed by atoms with Crippen LogP contribution in [0.1, 0.15) is 31.7 Å². The quantitative estimate of drug-likeness (QED) is 0.670. The topological polar surface area (TPSA) is 36.6 Å². The number of hydrogen-bond acceptors (Lipinski definition) is 3. The van der Waals surface area contributed by atoms with Gasteiger partial charge in [-0.3, -0.25) is 4.90 Å². The first-order chi connectivity index (χ1) is 7.36. The van der Waals surface area contributed by atoms with Crippen molar-refractivity contribution in [3.63, 3.8) is 0 Å². The summed E-state index contributed by atoms with van der Waals surface area (Å²) < 4.78 is 5.03. The SMILES string of the molecule is CCCCCN(CCO)Cc1ccoc1.